The van der Waals surface area contributed by atoms with Crippen LogP contribution in [0.15, 0.2) is 30.3 Å². The molecule has 0 aromatic heterocycles. The average Bonchev–Trinajstić information content (AvgIpc) is 2.60. The van der Waals surface area contributed by atoms with E-state index in [1.807, 2.05) is 6.92 Å². The predicted octanol–water partition coefficient (Wildman–Crippen LogP) is 3.01. The maximum Gasteiger partial charge on any atom is 0.525 e. The van der Waals surface area contributed by atoms with Crippen molar-refractivity contribution in [2.75, 3.05) is 6.61 Å². The van der Waals surface area contributed by atoms with Crippen molar-refractivity contribution in [2.24, 2.45) is 0 Å². The highest BCUT2D eigenvalue weighted by atomic mass is 32.2. The number of nitrogens with zero attached hydrogens (tertiary/aromatic N) is 1. The highest BCUT2D eigenvalue weighted by Crippen LogP contribution is 2.35. The molecule has 0 N–H and O–H groups in total. The summed E-state index contributed by atoms with van der Waals surface area (Å²) in [5.74, 6) is -2.40. The van der Waals surface area contributed by atoms with Gasteiger partial charge in [-0.3, -0.25) is 9.59 Å². The molecule has 2 aromatic carbocycles. The van der Waals surface area contributed by atoms with Crippen LogP contribution in [0.3, 0.4) is 0 Å². The number of ether oxygens (including phenoxy) is 1. The fourth-order valence-electron chi connectivity index (χ4n) is 2.57. The molecule has 0 bridgehead atoms. The van der Waals surface area contributed by atoms with Crippen molar-refractivity contribution in [3.8, 4) is 5.75 Å². The molecule has 11 heteroatoms. The van der Waals surface area contributed by atoms with Gasteiger partial charge in [0.25, 0.3) is 11.8 Å². The minimum atomic E-state index is -6.21. The lowest BCUT2D eigenvalue weighted by atomic mass is 9.95. The SMILES string of the molecule is CCCOc1cc2c3c(cccc3c1)C(=O)N(OS(=O)(=O)C(F)(F)F)C2=O. The van der Waals surface area contributed by atoms with E-state index in [2.05, 4.69) is 4.28 Å². The van der Waals surface area contributed by atoms with Gasteiger partial charge in [-0.15, -0.1) is 9.35 Å². The van der Waals surface area contributed by atoms with Crippen molar-refractivity contribution < 1.29 is 40.2 Å². The summed E-state index contributed by atoms with van der Waals surface area (Å²) in [5, 5.41) is 0.223. The Labute approximate surface area is 151 Å². The second-order valence-corrected chi connectivity index (χ2v) is 7.12. The van der Waals surface area contributed by atoms with Crippen molar-refractivity contribution in [1.29, 1.82) is 0 Å². The molecule has 144 valence electrons. The number of carbonyl (C=O) groups excluding carboxylic acids is 2. The molecule has 0 fully saturated rings. The lowest BCUT2D eigenvalue weighted by Crippen LogP contribution is -2.44. The van der Waals surface area contributed by atoms with E-state index in [1.54, 1.807) is 12.1 Å². The van der Waals surface area contributed by atoms with Crippen LogP contribution < -0.4 is 4.74 Å². The first-order valence-electron chi connectivity index (χ1n) is 7.66. The number of alkyl halides is 3. The summed E-state index contributed by atoms with van der Waals surface area (Å²) in [7, 11) is -6.21. The van der Waals surface area contributed by atoms with Crippen LogP contribution in [0, 0.1) is 0 Å². The van der Waals surface area contributed by atoms with Crippen molar-refractivity contribution >= 4 is 32.7 Å². The smallest absolute Gasteiger partial charge is 0.494 e. The van der Waals surface area contributed by atoms with Crippen LogP contribution in [-0.2, 0) is 14.4 Å². The zero-order chi connectivity index (χ0) is 20.0. The first-order valence-corrected chi connectivity index (χ1v) is 9.07. The lowest BCUT2D eigenvalue weighted by molar-refractivity contribution is -0.0761. The van der Waals surface area contributed by atoms with E-state index in [4.69, 9.17) is 4.74 Å². The Bertz CT molecular complexity index is 1050. The van der Waals surface area contributed by atoms with Crippen LogP contribution in [0.2, 0.25) is 0 Å². The first kappa shape index (κ1) is 19.1. The Hall–Kier alpha value is -2.66. The van der Waals surface area contributed by atoms with Gasteiger partial charge < -0.3 is 4.74 Å². The Balaban J connectivity index is 2.13. The summed E-state index contributed by atoms with van der Waals surface area (Å²) in [6, 6.07) is 7.08. The average molecular weight is 403 g/mol. The molecule has 0 radical (unpaired) electrons. The fraction of sp³-hybridized carbons (Fsp3) is 0.250. The van der Waals surface area contributed by atoms with Gasteiger partial charge in [-0.05, 0) is 30.0 Å². The van der Waals surface area contributed by atoms with Crippen LogP contribution in [0.1, 0.15) is 34.1 Å². The van der Waals surface area contributed by atoms with Crippen molar-refractivity contribution in [2.45, 2.75) is 18.9 Å². The van der Waals surface area contributed by atoms with Gasteiger partial charge in [0.2, 0.25) is 0 Å². The van der Waals surface area contributed by atoms with Gasteiger partial charge in [0.05, 0.1) is 17.7 Å². The topological polar surface area (TPSA) is 90.0 Å². The van der Waals surface area contributed by atoms with Crippen LogP contribution in [-0.4, -0.2) is 37.4 Å². The molecule has 0 saturated heterocycles. The molecule has 2 aromatic rings. The highest BCUT2D eigenvalue weighted by Gasteiger charge is 2.51. The molecule has 7 nitrogen and oxygen atoms in total. The van der Waals surface area contributed by atoms with Crippen molar-refractivity contribution in [3.63, 3.8) is 0 Å². The van der Waals surface area contributed by atoms with Gasteiger partial charge in [0.15, 0.2) is 0 Å². The van der Waals surface area contributed by atoms with E-state index in [9.17, 15) is 31.2 Å². The minimum Gasteiger partial charge on any atom is -0.494 e. The molecule has 1 aliphatic heterocycles. The third kappa shape index (κ3) is 3.23. The van der Waals surface area contributed by atoms with Gasteiger partial charge in [-0.25, -0.2) is 0 Å². The summed E-state index contributed by atoms with van der Waals surface area (Å²) < 4.78 is 69.5. The molecule has 0 unspecified atom stereocenters. The summed E-state index contributed by atoms with van der Waals surface area (Å²) in [4.78, 5) is 24.9. The molecule has 0 saturated carbocycles. The Morgan fingerprint density at radius 2 is 1.74 bits per heavy atom. The molecule has 1 aliphatic rings. The van der Waals surface area contributed by atoms with Crippen LogP contribution in [0.25, 0.3) is 10.8 Å². The largest absolute Gasteiger partial charge is 0.525 e. The molecular formula is C16H12F3NO6S. The number of hydrogen-bond donors (Lipinski definition) is 0. The van der Waals surface area contributed by atoms with Gasteiger partial charge in [-0.1, -0.05) is 19.1 Å². The molecular weight excluding hydrogens is 391 g/mol. The third-order valence-corrected chi connectivity index (χ3v) is 4.62. The zero-order valence-corrected chi connectivity index (χ0v) is 14.6. The maximum atomic E-state index is 12.6. The number of imide groups is 1. The molecule has 0 spiro atoms. The van der Waals surface area contributed by atoms with Crippen LogP contribution >= 0.6 is 0 Å². The van der Waals surface area contributed by atoms with Gasteiger partial charge in [0.1, 0.15) is 5.75 Å². The Kier molecular flexibility index (Phi) is 4.60. The van der Waals surface area contributed by atoms with E-state index in [0.717, 1.165) is 0 Å². The summed E-state index contributed by atoms with van der Waals surface area (Å²) in [6.45, 7) is 2.17. The molecule has 0 aliphatic carbocycles. The second kappa shape index (κ2) is 6.50. The van der Waals surface area contributed by atoms with Crippen LogP contribution in [0.4, 0.5) is 13.2 Å². The van der Waals surface area contributed by atoms with E-state index >= 15 is 0 Å². The normalized spacial score (nSPS) is 14.7. The fourth-order valence-corrected chi connectivity index (χ4v) is 2.99. The minimum absolute atomic E-state index is 0.165. The Morgan fingerprint density at radius 3 is 2.37 bits per heavy atom. The number of hydroxylamine groups is 2. The summed E-state index contributed by atoms with van der Waals surface area (Å²) >= 11 is 0. The standard InChI is InChI=1S/C16H12F3NO6S/c1-2-6-25-10-7-9-4-3-5-11-13(9)12(8-10)15(22)20(14(11)21)26-27(23,24)16(17,18)19/h3-5,7-8H,2,6H2,1H3. The van der Waals surface area contributed by atoms with Crippen molar-refractivity contribution in [3.05, 3.63) is 41.5 Å². The van der Waals surface area contributed by atoms with Gasteiger partial charge >= 0.3 is 15.6 Å². The van der Waals surface area contributed by atoms with Gasteiger partial charge in [0, 0.05) is 5.39 Å². The number of hydrogen-bond acceptors (Lipinski definition) is 6. The molecule has 27 heavy (non-hydrogen) atoms. The maximum absolute atomic E-state index is 12.6. The number of amides is 2. The Morgan fingerprint density at radius 1 is 1.07 bits per heavy atom. The molecule has 3 rings (SSSR count). The zero-order valence-electron chi connectivity index (χ0n) is 13.7. The molecule has 0 atom stereocenters. The lowest BCUT2D eigenvalue weighted by Gasteiger charge is -2.26. The number of benzene rings is 2. The third-order valence-electron chi connectivity index (χ3n) is 3.71. The second-order valence-electron chi connectivity index (χ2n) is 5.60. The first-order chi connectivity index (χ1) is 12.6. The van der Waals surface area contributed by atoms with E-state index in [1.165, 1.54) is 18.2 Å². The van der Waals surface area contributed by atoms with Crippen molar-refractivity contribution in [1.82, 2.24) is 5.06 Å². The van der Waals surface area contributed by atoms with E-state index < -0.39 is 32.5 Å². The number of carbonyl (C=O) groups is 2. The quantitative estimate of drug-likeness (QED) is 0.563. The summed E-state index contributed by atoms with van der Waals surface area (Å²) in [6.07, 6.45) is 0.666. The highest BCUT2D eigenvalue weighted by molar-refractivity contribution is 7.87. The molecule has 2 amide bonds. The monoisotopic (exact) mass is 403 g/mol. The molecule has 1 heterocycles. The van der Waals surface area contributed by atoms with E-state index in [-0.39, 0.29) is 22.3 Å². The predicted molar refractivity (Wildman–Crippen MR) is 86.3 cm³/mol. The number of rotatable bonds is 5. The summed E-state index contributed by atoms with van der Waals surface area (Å²) in [5.41, 5.74) is -6.17. The van der Waals surface area contributed by atoms with E-state index in [0.29, 0.717) is 18.4 Å². The van der Waals surface area contributed by atoms with Gasteiger partial charge in [-0.2, -0.15) is 21.6 Å². The van der Waals surface area contributed by atoms with Crippen LogP contribution in [0.5, 0.6) is 5.75 Å². The number of halogens is 3.